The molecule has 1 aromatic heterocycles. The first-order chi connectivity index (χ1) is 9.24. The van der Waals surface area contributed by atoms with Gasteiger partial charge in [-0.15, -0.1) is 0 Å². The van der Waals surface area contributed by atoms with Gasteiger partial charge >= 0.3 is 0 Å². The zero-order valence-electron chi connectivity index (χ0n) is 10.6. The summed E-state index contributed by atoms with van der Waals surface area (Å²) in [4.78, 5) is 15.7. The lowest BCUT2D eigenvalue weighted by molar-refractivity contribution is 0.1000. The van der Waals surface area contributed by atoms with E-state index >= 15 is 0 Å². The molecule has 1 atom stereocenters. The molecule has 1 aliphatic heterocycles. The number of fused-ring (bicyclic) bond motifs is 2. The Bertz CT molecular complexity index is 708. The Morgan fingerprint density at radius 3 is 3.16 bits per heavy atom. The normalized spacial score (nSPS) is 20.5. The van der Waals surface area contributed by atoms with Gasteiger partial charge in [-0.1, -0.05) is 0 Å². The first kappa shape index (κ1) is 10.9. The molecular weight excluding hydrogens is 238 g/mol. The molecule has 4 rings (SSSR count). The topological polar surface area (TPSA) is 68.0 Å². The molecule has 1 unspecified atom stereocenters. The van der Waals surface area contributed by atoms with Crippen LogP contribution in [0.25, 0.3) is 10.9 Å². The number of aryl methyl sites for hydroxylation is 1. The molecule has 1 aliphatic carbocycles. The van der Waals surface area contributed by atoms with Crippen molar-refractivity contribution in [1.29, 1.82) is 0 Å². The van der Waals surface area contributed by atoms with E-state index in [4.69, 9.17) is 5.73 Å². The van der Waals surface area contributed by atoms with Crippen LogP contribution in [0.15, 0.2) is 18.3 Å². The number of amides is 1. The van der Waals surface area contributed by atoms with Crippen LogP contribution in [0.5, 0.6) is 0 Å². The van der Waals surface area contributed by atoms with Gasteiger partial charge in [-0.05, 0) is 48.1 Å². The molecule has 2 aromatic rings. The van der Waals surface area contributed by atoms with Crippen LogP contribution in [0.4, 0.5) is 0 Å². The monoisotopic (exact) mass is 253 g/mol. The predicted molar refractivity (Wildman–Crippen MR) is 72.8 cm³/mol. The van der Waals surface area contributed by atoms with Crippen molar-refractivity contribution in [2.24, 2.45) is 5.73 Å². The second-order valence-electron chi connectivity index (χ2n) is 5.41. The highest BCUT2D eigenvalue weighted by molar-refractivity contribution is 5.97. The third-order valence-corrected chi connectivity index (χ3v) is 4.32. The van der Waals surface area contributed by atoms with Crippen LogP contribution in [0, 0.1) is 0 Å². The Hall–Kier alpha value is -1.94. The fraction of sp³-hybridized carbons (Fsp3) is 0.333. The molecule has 2 heterocycles. The number of benzene rings is 1. The Kier molecular flexibility index (Phi) is 2.17. The van der Waals surface area contributed by atoms with Gasteiger partial charge in [0.05, 0.1) is 11.1 Å². The molecule has 1 amide bonds. The van der Waals surface area contributed by atoms with Crippen LogP contribution in [0.3, 0.4) is 0 Å². The van der Waals surface area contributed by atoms with Gasteiger partial charge in [0.25, 0.3) is 0 Å². The Labute approximate surface area is 111 Å². The number of pyridine rings is 1. The summed E-state index contributed by atoms with van der Waals surface area (Å²) in [7, 11) is 0. The van der Waals surface area contributed by atoms with Crippen LogP contribution in [0.2, 0.25) is 0 Å². The van der Waals surface area contributed by atoms with E-state index in [2.05, 4.69) is 16.4 Å². The number of carbonyl (C=O) groups excluding carboxylic acids is 1. The van der Waals surface area contributed by atoms with Crippen molar-refractivity contribution in [3.8, 4) is 0 Å². The molecule has 2 aliphatic rings. The summed E-state index contributed by atoms with van der Waals surface area (Å²) < 4.78 is 0. The van der Waals surface area contributed by atoms with Gasteiger partial charge in [0, 0.05) is 24.2 Å². The van der Waals surface area contributed by atoms with Crippen molar-refractivity contribution in [1.82, 2.24) is 10.3 Å². The van der Waals surface area contributed by atoms with E-state index in [1.54, 1.807) is 6.20 Å². The molecule has 4 nitrogen and oxygen atoms in total. The minimum atomic E-state index is -0.410. The van der Waals surface area contributed by atoms with Crippen molar-refractivity contribution < 1.29 is 4.79 Å². The fourth-order valence-electron chi connectivity index (χ4n) is 3.46. The summed E-state index contributed by atoms with van der Waals surface area (Å²) in [5, 5.41) is 4.66. The smallest absolute Gasteiger partial charge is 0.250 e. The first-order valence-corrected chi connectivity index (χ1v) is 6.71. The number of carbonyl (C=O) groups is 1. The largest absolute Gasteiger partial charge is 0.366 e. The second-order valence-corrected chi connectivity index (χ2v) is 5.41. The Balaban J connectivity index is 2.05. The highest BCUT2D eigenvalue weighted by Gasteiger charge is 2.29. The van der Waals surface area contributed by atoms with Crippen molar-refractivity contribution in [3.05, 3.63) is 40.6 Å². The number of nitrogens with two attached hydrogens (primary N) is 1. The fourth-order valence-corrected chi connectivity index (χ4v) is 3.46. The average molecular weight is 253 g/mol. The average Bonchev–Trinajstić information content (AvgIpc) is 2.83. The maximum absolute atomic E-state index is 11.3. The van der Waals surface area contributed by atoms with E-state index in [1.165, 1.54) is 29.5 Å². The predicted octanol–water partition coefficient (Wildman–Crippen LogP) is 1.81. The van der Waals surface area contributed by atoms with E-state index < -0.39 is 5.91 Å². The minimum Gasteiger partial charge on any atom is -0.366 e. The van der Waals surface area contributed by atoms with Crippen molar-refractivity contribution >= 4 is 16.8 Å². The van der Waals surface area contributed by atoms with Gasteiger partial charge in [-0.2, -0.15) is 0 Å². The lowest BCUT2D eigenvalue weighted by atomic mass is 9.84. The van der Waals surface area contributed by atoms with Gasteiger partial charge in [0.1, 0.15) is 0 Å². The number of primary amides is 1. The molecule has 0 saturated carbocycles. The maximum atomic E-state index is 11.3. The van der Waals surface area contributed by atoms with E-state index in [0.717, 1.165) is 23.9 Å². The first-order valence-electron chi connectivity index (χ1n) is 6.71. The van der Waals surface area contributed by atoms with E-state index in [9.17, 15) is 4.79 Å². The molecule has 0 saturated heterocycles. The Morgan fingerprint density at radius 1 is 1.42 bits per heavy atom. The summed E-state index contributed by atoms with van der Waals surface area (Å²) in [6, 6.07) is 4.54. The molecular formula is C15H15N3O. The third-order valence-electron chi connectivity index (χ3n) is 4.32. The van der Waals surface area contributed by atoms with Crippen LogP contribution in [0.1, 0.15) is 45.9 Å². The molecule has 4 heteroatoms. The van der Waals surface area contributed by atoms with E-state index in [1.807, 2.05) is 6.07 Å². The summed E-state index contributed by atoms with van der Waals surface area (Å²) in [5.41, 5.74) is 11.0. The minimum absolute atomic E-state index is 0.410. The molecule has 0 radical (unpaired) electrons. The third kappa shape index (κ3) is 1.50. The molecule has 0 bridgehead atoms. The summed E-state index contributed by atoms with van der Waals surface area (Å²) in [6.07, 6.45) is 5.03. The van der Waals surface area contributed by atoms with Crippen molar-refractivity contribution in [2.45, 2.75) is 31.8 Å². The lowest BCUT2D eigenvalue weighted by Crippen LogP contribution is -2.17. The highest BCUT2D eigenvalue weighted by Crippen LogP contribution is 2.40. The van der Waals surface area contributed by atoms with E-state index in [0.29, 0.717) is 11.6 Å². The van der Waals surface area contributed by atoms with Gasteiger partial charge in [0.15, 0.2) is 0 Å². The summed E-state index contributed by atoms with van der Waals surface area (Å²) >= 11 is 0. The zero-order chi connectivity index (χ0) is 13.0. The van der Waals surface area contributed by atoms with Crippen LogP contribution >= 0.6 is 0 Å². The molecule has 1 aromatic carbocycles. The highest BCUT2D eigenvalue weighted by atomic mass is 16.1. The van der Waals surface area contributed by atoms with Crippen molar-refractivity contribution in [3.63, 3.8) is 0 Å². The standard InChI is InChI=1S/C15H15N3O/c16-15(19)9-4-11-10-2-1-3-12-14(10)8(6-17-12)5-13(11)18-7-9/h4-5,7,12,17H,1-3,6H2,(H2,16,19). The summed E-state index contributed by atoms with van der Waals surface area (Å²) in [5.74, 6) is -0.410. The number of nitrogens with zero attached hydrogens (tertiary/aromatic N) is 1. The van der Waals surface area contributed by atoms with Crippen LogP contribution in [-0.2, 0) is 13.0 Å². The van der Waals surface area contributed by atoms with Gasteiger partial charge in [-0.25, -0.2) is 0 Å². The molecule has 0 fully saturated rings. The Morgan fingerprint density at radius 2 is 2.32 bits per heavy atom. The quantitative estimate of drug-likeness (QED) is 0.814. The number of hydrogen-bond acceptors (Lipinski definition) is 3. The van der Waals surface area contributed by atoms with Gasteiger partial charge < -0.3 is 11.1 Å². The van der Waals surface area contributed by atoms with E-state index in [-0.39, 0.29) is 0 Å². The maximum Gasteiger partial charge on any atom is 0.250 e. The number of hydrogen-bond donors (Lipinski definition) is 2. The number of nitrogens with one attached hydrogen (secondary N) is 1. The SMILES string of the molecule is NC(=O)c1cnc2cc3c4c(c2c1)CCCC4NC3. The van der Waals surface area contributed by atoms with Gasteiger partial charge in [-0.3, -0.25) is 9.78 Å². The molecule has 0 spiro atoms. The second kappa shape index (κ2) is 3.78. The summed E-state index contributed by atoms with van der Waals surface area (Å²) in [6.45, 7) is 0.933. The van der Waals surface area contributed by atoms with Crippen LogP contribution in [-0.4, -0.2) is 10.9 Å². The molecule has 96 valence electrons. The lowest BCUT2D eigenvalue weighted by Gasteiger charge is -2.23. The number of rotatable bonds is 1. The number of aromatic nitrogens is 1. The molecule has 3 N–H and O–H groups in total. The van der Waals surface area contributed by atoms with Crippen LogP contribution < -0.4 is 11.1 Å². The zero-order valence-corrected chi connectivity index (χ0v) is 10.6. The molecule has 19 heavy (non-hydrogen) atoms. The van der Waals surface area contributed by atoms with Crippen molar-refractivity contribution in [2.75, 3.05) is 0 Å². The van der Waals surface area contributed by atoms with Gasteiger partial charge in [0.2, 0.25) is 5.91 Å².